The number of ether oxygens (including phenoxy) is 1. The Morgan fingerprint density at radius 1 is 0.806 bits per heavy atom. The molecule has 0 saturated carbocycles. The first-order valence-corrected chi connectivity index (χ1v) is 14.1. The van der Waals surface area contributed by atoms with Crippen molar-refractivity contribution in [2.45, 2.75) is 116 Å². The second-order valence-corrected chi connectivity index (χ2v) is 10.3. The van der Waals surface area contributed by atoms with E-state index < -0.39 is 32.4 Å². The molecule has 0 saturated heterocycles. The first-order chi connectivity index (χ1) is 14.9. The van der Waals surface area contributed by atoms with Crippen molar-refractivity contribution in [3.05, 3.63) is 0 Å². The van der Waals surface area contributed by atoms with Gasteiger partial charge in [-0.15, -0.1) is 0 Å². The number of hydrogen-bond donors (Lipinski definition) is 3. The van der Waals surface area contributed by atoms with Crippen molar-refractivity contribution in [3.63, 3.8) is 0 Å². The maximum Gasteiger partial charge on any atom is 0.339 e. The van der Waals surface area contributed by atoms with Gasteiger partial charge < -0.3 is 24.4 Å². The van der Waals surface area contributed by atoms with Crippen LogP contribution in [-0.4, -0.2) is 53.2 Å². The lowest BCUT2D eigenvalue weighted by molar-refractivity contribution is -0.134. The molecule has 0 aromatic rings. The number of aliphatic hydroxyl groups is 1. The maximum atomic E-state index is 11.6. The van der Waals surface area contributed by atoms with Gasteiger partial charge in [-0.25, -0.2) is 0 Å². The van der Waals surface area contributed by atoms with Crippen LogP contribution in [0.3, 0.4) is 0 Å². The van der Waals surface area contributed by atoms with Crippen molar-refractivity contribution in [1.82, 2.24) is 0 Å². The van der Waals surface area contributed by atoms with Gasteiger partial charge in [-0.1, -0.05) is 103 Å². The Labute approximate surface area is 189 Å². The Balaban J connectivity index is 3.39. The molecule has 0 rings (SSSR count). The molecule has 0 fully saturated rings. The van der Waals surface area contributed by atoms with Crippen LogP contribution in [0.5, 0.6) is 0 Å². The minimum absolute atomic E-state index is 0.0284. The predicted octanol–water partition coefficient (Wildman–Crippen LogP) is 5.91. The highest BCUT2D eigenvalue weighted by Gasteiger charge is 2.28. The maximum absolute atomic E-state index is 11.6. The third-order valence-electron chi connectivity index (χ3n) is 5.30. The highest BCUT2D eigenvalue weighted by molar-refractivity contribution is 7.53. The van der Waals surface area contributed by atoms with Crippen LogP contribution < -0.4 is 0 Å². The number of aliphatic carboxylic acids is 1. The zero-order valence-electron chi connectivity index (χ0n) is 19.6. The third kappa shape index (κ3) is 22.5. The molecule has 0 heterocycles. The SMILES string of the molecule is CCCCCCCCCCCCCCCCCCOCC(CO)OP(=O)(O)CC(=O)O. The summed E-state index contributed by atoms with van der Waals surface area (Å²) in [6.45, 7) is 2.23. The zero-order valence-corrected chi connectivity index (χ0v) is 20.5. The zero-order chi connectivity index (χ0) is 23.2. The Morgan fingerprint density at radius 3 is 1.61 bits per heavy atom. The van der Waals surface area contributed by atoms with Crippen molar-refractivity contribution in [2.24, 2.45) is 0 Å². The number of aliphatic hydroxyl groups excluding tert-OH is 1. The number of carboxylic acid groups (broad SMARTS) is 1. The van der Waals surface area contributed by atoms with Crippen molar-refractivity contribution >= 4 is 13.6 Å². The van der Waals surface area contributed by atoms with Gasteiger partial charge in [0.15, 0.2) is 0 Å². The van der Waals surface area contributed by atoms with E-state index in [9.17, 15) is 19.4 Å². The molecule has 0 amide bonds. The molecule has 8 heteroatoms. The molecule has 0 spiro atoms. The fourth-order valence-corrected chi connectivity index (χ4v) is 4.53. The van der Waals surface area contributed by atoms with Gasteiger partial charge in [-0.05, 0) is 6.42 Å². The van der Waals surface area contributed by atoms with Crippen LogP contribution in [0.1, 0.15) is 110 Å². The molecule has 0 radical (unpaired) electrons. The largest absolute Gasteiger partial charge is 0.481 e. The molecule has 0 aliphatic carbocycles. The number of rotatable bonds is 24. The van der Waals surface area contributed by atoms with E-state index in [1.807, 2.05) is 0 Å². The van der Waals surface area contributed by atoms with Crippen LogP contribution in [0.15, 0.2) is 0 Å². The van der Waals surface area contributed by atoms with Crippen molar-refractivity contribution in [1.29, 1.82) is 0 Å². The standard InChI is InChI=1S/C23H47O7P/c1-2-3-4-5-6-7-8-9-10-11-12-13-14-15-16-17-18-29-20-22(19-24)30-31(27,28)21-23(25)26/h22,24H,2-21H2,1H3,(H,25,26)(H,27,28). The van der Waals surface area contributed by atoms with Crippen molar-refractivity contribution in [3.8, 4) is 0 Å². The first-order valence-electron chi connectivity index (χ1n) is 12.3. The van der Waals surface area contributed by atoms with Crippen LogP contribution in [0, 0.1) is 0 Å². The molecule has 7 nitrogen and oxygen atoms in total. The Kier molecular flexibility index (Phi) is 21.1. The van der Waals surface area contributed by atoms with E-state index in [2.05, 4.69) is 6.92 Å². The molecule has 0 aliphatic rings. The molecule has 0 bridgehead atoms. The molecule has 2 unspecified atom stereocenters. The second kappa shape index (κ2) is 21.4. The van der Waals surface area contributed by atoms with Crippen LogP contribution in [0.2, 0.25) is 0 Å². The minimum Gasteiger partial charge on any atom is -0.481 e. The summed E-state index contributed by atoms with van der Waals surface area (Å²) in [6, 6.07) is 0. The normalized spacial score (nSPS) is 14.4. The number of carboxylic acids is 1. The number of hydrogen-bond acceptors (Lipinski definition) is 5. The lowest BCUT2D eigenvalue weighted by atomic mass is 10.0. The van der Waals surface area contributed by atoms with Gasteiger partial charge in [0.25, 0.3) is 0 Å². The fourth-order valence-electron chi connectivity index (χ4n) is 3.52. The van der Waals surface area contributed by atoms with Gasteiger partial charge in [0, 0.05) is 6.61 Å². The van der Waals surface area contributed by atoms with Gasteiger partial charge in [-0.2, -0.15) is 0 Å². The highest BCUT2D eigenvalue weighted by Crippen LogP contribution is 2.42. The van der Waals surface area contributed by atoms with Gasteiger partial charge in [0.2, 0.25) is 0 Å². The Morgan fingerprint density at radius 2 is 1.23 bits per heavy atom. The summed E-state index contributed by atoms with van der Waals surface area (Å²) < 4.78 is 21.7. The molecular weight excluding hydrogens is 419 g/mol. The topological polar surface area (TPSA) is 113 Å². The van der Waals surface area contributed by atoms with E-state index in [1.54, 1.807) is 0 Å². The summed E-state index contributed by atoms with van der Waals surface area (Å²) in [6.07, 6.45) is 18.8. The molecule has 0 aliphatic heterocycles. The molecule has 3 N–H and O–H groups in total. The van der Waals surface area contributed by atoms with Crippen LogP contribution in [-0.2, 0) is 18.6 Å². The van der Waals surface area contributed by atoms with Crippen molar-refractivity contribution < 1.29 is 33.7 Å². The predicted molar refractivity (Wildman–Crippen MR) is 125 cm³/mol. The number of unbranched alkanes of at least 4 members (excludes halogenated alkanes) is 15. The number of carbonyl (C=O) groups is 1. The van der Waals surface area contributed by atoms with Gasteiger partial charge >= 0.3 is 13.6 Å². The van der Waals surface area contributed by atoms with E-state index in [0.717, 1.165) is 12.8 Å². The Hall–Kier alpha value is -0.460. The third-order valence-corrected chi connectivity index (χ3v) is 6.60. The van der Waals surface area contributed by atoms with E-state index in [-0.39, 0.29) is 6.61 Å². The monoisotopic (exact) mass is 466 g/mol. The van der Waals surface area contributed by atoms with Gasteiger partial charge in [0.1, 0.15) is 12.3 Å². The lowest BCUT2D eigenvalue weighted by Gasteiger charge is -2.18. The molecular formula is C23H47O7P. The highest BCUT2D eigenvalue weighted by atomic mass is 31.2. The lowest BCUT2D eigenvalue weighted by Crippen LogP contribution is -2.24. The second-order valence-electron chi connectivity index (χ2n) is 8.48. The molecule has 186 valence electrons. The molecule has 0 aromatic carbocycles. The van der Waals surface area contributed by atoms with Crippen LogP contribution >= 0.6 is 7.60 Å². The average Bonchev–Trinajstić information content (AvgIpc) is 2.70. The quantitative estimate of drug-likeness (QED) is 0.120. The first kappa shape index (κ1) is 30.5. The van der Waals surface area contributed by atoms with E-state index in [1.165, 1.54) is 89.9 Å². The van der Waals surface area contributed by atoms with E-state index in [4.69, 9.17) is 14.4 Å². The summed E-state index contributed by atoms with van der Waals surface area (Å²) in [7, 11) is -4.25. The summed E-state index contributed by atoms with van der Waals surface area (Å²) in [4.78, 5) is 19.9. The van der Waals surface area contributed by atoms with E-state index >= 15 is 0 Å². The average molecular weight is 467 g/mol. The summed E-state index contributed by atoms with van der Waals surface area (Å²) >= 11 is 0. The van der Waals surface area contributed by atoms with Crippen LogP contribution in [0.25, 0.3) is 0 Å². The summed E-state index contributed by atoms with van der Waals surface area (Å²) in [5.74, 6) is -1.42. The smallest absolute Gasteiger partial charge is 0.339 e. The molecule has 2 atom stereocenters. The van der Waals surface area contributed by atoms with E-state index in [0.29, 0.717) is 6.61 Å². The molecule has 31 heavy (non-hydrogen) atoms. The minimum atomic E-state index is -4.25. The summed E-state index contributed by atoms with van der Waals surface area (Å²) in [5, 5.41) is 17.7. The van der Waals surface area contributed by atoms with Crippen molar-refractivity contribution in [2.75, 3.05) is 26.0 Å². The van der Waals surface area contributed by atoms with Crippen LogP contribution in [0.4, 0.5) is 0 Å². The summed E-state index contributed by atoms with van der Waals surface area (Å²) in [5.41, 5.74) is 0. The van der Waals surface area contributed by atoms with Gasteiger partial charge in [0.05, 0.1) is 13.2 Å². The molecule has 0 aromatic heterocycles. The Bertz CT molecular complexity index is 459. The van der Waals surface area contributed by atoms with Gasteiger partial charge in [-0.3, -0.25) is 9.36 Å². The fraction of sp³-hybridized carbons (Fsp3) is 0.957.